The lowest BCUT2D eigenvalue weighted by molar-refractivity contribution is 0.392. The van der Waals surface area contributed by atoms with Crippen molar-refractivity contribution in [2.24, 2.45) is 0 Å². The fourth-order valence-corrected chi connectivity index (χ4v) is 1.75. The number of hydrogen-bond acceptors (Lipinski definition) is 3. The fourth-order valence-electron chi connectivity index (χ4n) is 1.75. The lowest BCUT2D eigenvalue weighted by atomic mass is 10.0. The third kappa shape index (κ3) is 2.23. The first kappa shape index (κ1) is 11.9. The summed E-state index contributed by atoms with van der Waals surface area (Å²) in [4.78, 5) is 0. The summed E-state index contributed by atoms with van der Waals surface area (Å²) in [6.45, 7) is 4.87. The van der Waals surface area contributed by atoms with Crippen LogP contribution in [0.3, 0.4) is 0 Å². The summed E-state index contributed by atoms with van der Waals surface area (Å²) < 4.78 is 10.7. The van der Waals surface area contributed by atoms with Gasteiger partial charge in [-0.05, 0) is 38.1 Å². The molecule has 0 saturated heterocycles. The van der Waals surface area contributed by atoms with E-state index in [1.807, 2.05) is 20.0 Å². The van der Waals surface area contributed by atoms with Gasteiger partial charge < -0.3 is 14.8 Å². The van der Waals surface area contributed by atoms with Gasteiger partial charge in [-0.1, -0.05) is 0 Å². The quantitative estimate of drug-likeness (QED) is 0.823. The van der Waals surface area contributed by atoms with Gasteiger partial charge in [0.05, 0.1) is 14.2 Å². The Labute approximate surface area is 91.4 Å². The van der Waals surface area contributed by atoms with Gasteiger partial charge in [0, 0.05) is 12.1 Å². The predicted molar refractivity (Wildman–Crippen MR) is 61.8 cm³/mol. The zero-order valence-electron chi connectivity index (χ0n) is 10.1. The van der Waals surface area contributed by atoms with Crippen molar-refractivity contribution in [3.05, 3.63) is 22.8 Å². The van der Waals surface area contributed by atoms with Crippen LogP contribution in [0.5, 0.6) is 11.5 Å². The summed E-state index contributed by atoms with van der Waals surface area (Å²) in [7, 11) is 5.31. The highest BCUT2D eigenvalue weighted by Crippen LogP contribution is 2.33. The zero-order chi connectivity index (χ0) is 11.4. The van der Waals surface area contributed by atoms with Gasteiger partial charge >= 0.3 is 0 Å². The van der Waals surface area contributed by atoms with Gasteiger partial charge in [-0.2, -0.15) is 0 Å². The lowest BCUT2D eigenvalue weighted by Gasteiger charge is -2.16. The van der Waals surface area contributed by atoms with Crippen molar-refractivity contribution in [3.63, 3.8) is 0 Å². The van der Waals surface area contributed by atoms with Gasteiger partial charge in [-0.3, -0.25) is 0 Å². The number of benzene rings is 1. The van der Waals surface area contributed by atoms with Gasteiger partial charge in [0.25, 0.3) is 0 Å². The van der Waals surface area contributed by atoms with Gasteiger partial charge in [0.2, 0.25) is 0 Å². The molecule has 0 aliphatic heterocycles. The molecule has 0 amide bonds. The maximum Gasteiger partial charge on any atom is 0.126 e. The van der Waals surface area contributed by atoms with E-state index >= 15 is 0 Å². The molecule has 0 radical (unpaired) electrons. The Morgan fingerprint density at radius 1 is 1.13 bits per heavy atom. The van der Waals surface area contributed by atoms with Crippen LogP contribution in [0.4, 0.5) is 0 Å². The summed E-state index contributed by atoms with van der Waals surface area (Å²) in [6, 6.07) is 2.03. The number of rotatable bonds is 4. The average molecular weight is 209 g/mol. The SMILES string of the molecule is CNCc1cc(OC)c(C)c(C)c1OC. The molecule has 0 unspecified atom stereocenters. The second-order valence-corrected chi connectivity index (χ2v) is 3.55. The van der Waals surface area contributed by atoms with Crippen LogP contribution < -0.4 is 14.8 Å². The Morgan fingerprint density at radius 2 is 1.80 bits per heavy atom. The second kappa shape index (κ2) is 5.03. The van der Waals surface area contributed by atoms with Crippen LogP contribution in [0.15, 0.2) is 6.07 Å². The average Bonchev–Trinajstić information content (AvgIpc) is 2.24. The van der Waals surface area contributed by atoms with E-state index in [1.54, 1.807) is 14.2 Å². The van der Waals surface area contributed by atoms with E-state index < -0.39 is 0 Å². The molecular formula is C12H19NO2. The van der Waals surface area contributed by atoms with Crippen molar-refractivity contribution in [2.75, 3.05) is 21.3 Å². The smallest absolute Gasteiger partial charge is 0.126 e. The number of methoxy groups -OCH3 is 2. The molecule has 0 fully saturated rings. The third-order valence-electron chi connectivity index (χ3n) is 2.66. The van der Waals surface area contributed by atoms with Crippen molar-refractivity contribution in [3.8, 4) is 11.5 Å². The van der Waals surface area contributed by atoms with E-state index in [9.17, 15) is 0 Å². The van der Waals surface area contributed by atoms with Gasteiger partial charge in [-0.25, -0.2) is 0 Å². The zero-order valence-corrected chi connectivity index (χ0v) is 10.1. The Kier molecular flexibility index (Phi) is 3.97. The molecule has 1 N–H and O–H groups in total. The van der Waals surface area contributed by atoms with E-state index in [0.29, 0.717) is 0 Å². The van der Waals surface area contributed by atoms with Crippen LogP contribution in [0, 0.1) is 13.8 Å². The molecule has 0 saturated carbocycles. The molecule has 1 aromatic rings. The molecular weight excluding hydrogens is 190 g/mol. The maximum absolute atomic E-state index is 5.41. The monoisotopic (exact) mass is 209 g/mol. The molecule has 84 valence electrons. The molecule has 3 nitrogen and oxygen atoms in total. The standard InChI is InChI=1S/C12H19NO2/c1-8-9(2)12(15-5)10(7-13-3)6-11(8)14-4/h6,13H,7H2,1-5H3. The molecule has 3 heteroatoms. The van der Waals surface area contributed by atoms with Crippen molar-refractivity contribution in [1.29, 1.82) is 0 Å². The molecule has 0 aliphatic carbocycles. The Balaban J connectivity index is 3.30. The van der Waals surface area contributed by atoms with Crippen LogP contribution in [0.25, 0.3) is 0 Å². The summed E-state index contributed by atoms with van der Waals surface area (Å²) in [5, 5.41) is 3.12. The summed E-state index contributed by atoms with van der Waals surface area (Å²) in [5.41, 5.74) is 3.40. The topological polar surface area (TPSA) is 30.5 Å². The van der Waals surface area contributed by atoms with Crippen molar-refractivity contribution >= 4 is 0 Å². The highest BCUT2D eigenvalue weighted by atomic mass is 16.5. The highest BCUT2D eigenvalue weighted by molar-refractivity contribution is 5.52. The van der Waals surface area contributed by atoms with Crippen molar-refractivity contribution in [1.82, 2.24) is 5.32 Å². The normalized spacial score (nSPS) is 10.2. The summed E-state index contributed by atoms with van der Waals surface area (Å²) in [5.74, 6) is 1.86. The fraction of sp³-hybridized carbons (Fsp3) is 0.500. The van der Waals surface area contributed by atoms with Crippen LogP contribution in [0.2, 0.25) is 0 Å². The van der Waals surface area contributed by atoms with Gasteiger partial charge in [0.1, 0.15) is 11.5 Å². The molecule has 0 bridgehead atoms. The minimum atomic E-state index is 0.778. The largest absolute Gasteiger partial charge is 0.496 e. The molecule has 0 atom stereocenters. The first-order valence-electron chi connectivity index (χ1n) is 5.01. The van der Waals surface area contributed by atoms with Crippen LogP contribution in [-0.2, 0) is 6.54 Å². The molecule has 1 rings (SSSR count). The number of hydrogen-bond donors (Lipinski definition) is 1. The van der Waals surface area contributed by atoms with E-state index in [2.05, 4.69) is 12.2 Å². The van der Waals surface area contributed by atoms with Crippen LogP contribution in [-0.4, -0.2) is 21.3 Å². The molecule has 0 aromatic heterocycles. The number of nitrogens with one attached hydrogen (secondary N) is 1. The molecule has 0 aliphatic rings. The van der Waals surface area contributed by atoms with E-state index in [-0.39, 0.29) is 0 Å². The Morgan fingerprint density at radius 3 is 2.27 bits per heavy atom. The predicted octanol–water partition coefficient (Wildman–Crippen LogP) is 2.04. The Hall–Kier alpha value is -1.22. The molecule has 0 heterocycles. The highest BCUT2D eigenvalue weighted by Gasteiger charge is 2.12. The minimum Gasteiger partial charge on any atom is -0.496 e. The molecule has 1 aromatic carbocycles. The molecule has 15 heavy (non-hydrogen) atoms. The van der Waals surface area contributed by atoms with Gasteiger partial charge in [0.15, 0.2) is 0 Å². The van der Waals surface area contributed by atoms with E-state index in [0.717, 1.165) is 34.7 Å². The van der Waals surface area contributed by atoms with E-state index in [1.165, 1.54) is 0 Å². The maximum atomic E-state index is 5.41. The second-order valence-electron chi connectivity index (χ2n) is 3.55. The summed E-state index contributed by atoms with van der Waals surface area (Å²) in [6.07, 6.45) is 0. The first-order chi connectivity index (χ1) is 7.15. The van der Waals surface area contributed by atoms with Crippen LogP contribution in [0.1, 0.15) is 16.7 Å². The molecule has 0 spiro atoms. The Bertz CT molecular complexity index is 348. The lowest BCUT2D eigenvalue weighted by Crippen LogP contribution is -2.08. The van der Waals surface area contributed by atoms with Crippen molar-refractivity contribution in [2.45, 2.75) is 20.4 Å². The van der Waals surface area contributed by atoms with Gasteiger partial charge in [-0.15, -0.1) is 0 Å². The third-order valence-corrected chi connectivity index (χ3v) is 2.66. The minimum absolute atomic E-state index is 0.778. The van der Waals surface area contributed by atoms with Crippen LogP contribution >= 0.6 is 0 Å². The van der Waals surface area contributed by atoms with Crippen molar-refractivity contribution < 1.29 is 9.47 Å². The number of ether oxygens (including phenoxy) is 2. The van der Waals surface area contributed by atoms with E-state index in [4.69, 9.17) is 9.47 Å². The first-order valence-corrected chi connectivity index (χ1v) is 5.01. The summed E-state index contributed by atoms with van der Waals surface area (Å²) >= 11 is 0.